The van der Waals surface area contributed by atoms with Crippen LogP contribution in [0.3, 0.4) is 0 Å². The number of fused-ring (bicyclic) bond motifs is 1. The molecule has 4 nitrogen and oxygen atoms in total. The van der Waals surface area contributed by atoms with Crippen molar-refractivity contribution in [2.24, 2.45) is 0 Å². The third kappa shape index (κ3) is 4.16. The van der Waals surface area contributed by atoms with Gasteiger partial charge in [0, 0.05) is 29.2 Å². The van der Waals surface area contributed by atoms with Gasteiger partial charge in [-0.2, -0.15) is 0 Å². The lowest BCUT2D eigenvalue weighted by Crippen LogP contribution is -2.28. The molecule has 1 aliphatic heterocycles. The van der Waals surface area contributed by atoms with Crippen LogP contribution in [0, 0.1) is 19.3 Å². The molecule has 170 valence electrons. The molecule has 0 saturated carbocycles. The molecule has 1 aromatic heterocycles. The largest absolute Gasteiger partial charge is 0.342 e. The van der Waals surface area contributed by atoms with Crippen LogP contribution >= 0.6 is 35.0 Å². The number of hydrogen-bond donors (Lipinski definition) is 1. The van der Waals surface area contributed by atoms with Crippen LogP contribution in [-0.2, 0) is 11.3 Å². The number of carbonyl (C=O) groups is 1. The van der Waals surface area contributed by atoms with E-state index >= 15 is 0 Å². The minimum atomic E-state index is -0.176. The zero-order valence-electron chi connectivity index (χ0n) is 18.6. The molecule has 0 radical (unpaired) electrons. The monoisotopic (exact) mass is 505 g/mol. The summed E-state index contributed by atoms with van der Waals surface area (Å²) in [7, 11) is 0. The number of para-hydroxylation sites is 1. The summed E-state index contributed by atoms with van der Waals surface area (Å²) >= 11 is 13.5. The fourth-order valence-corrected chi connectivity index (χ4v) is 5.33. The number of halogens is 2. The highest BCUT2D eigenvalue weighted by Gasteiger charge is 2.34. The molecule has 1 N–H and O–H groups in total. The molecule has 0 unspecified atom stereocenters. The molecule has 0 spiro atoms. The zero-order chi connectivity index (χ0) is 24.0. The van der Waals surface area contributed by atoms with Gasteiger partial charge < -0.3 is 4.57 Å². The van der Waals surface area contributed by atoms with Gasteiger partial charge in [-0.25, -0.2) is 0 Å². The Balaban J connectivity index is 1.53. The smallest absolute Gasteiger partial charge is 0.271 e. The standard InChI is InChI=1S/C27H21Cl2N3OS/c1-16-7-8-17(2)24(11-16)32-26(33)25(34-27(32)30)13-19-15-31(23-6-4-3-5-20(19)23)14-18-9-10-21(28)22(29)12-18/h3-13,15,30H,14H2,1-2H3/b25-13+,30-27?. The van der Waals surface area contributed by atoms with Crippen molar-refractivity contribution >= 4 is 68.7 Å². The molecule has 0 atom stereocenters. The van der Waals surface area contributed by atoms with Crippen LogP contribution in [-0.4, -0.2) is 15.6 Å². The van der Waals surface area contributed by atoms with Gasteiger partial charge >= 0.3 is 0 Å². The van der Waals surface area contributed by atoms with Crippen LogP contribution in [0.15, 0.2) is 71.8 Å². The Morgan fingerprint density at radius 2 is 1.79 bits per heavy atom. The number of amides is 1. The number of aryl methyl sites for hydroxylation is 2. The molecule has 0 aliphatic carbocycles. The van der Waals surface area contributed by atoms with Crippen molar-refractivity contribution in [1.29, 1.82) is 5.41 Å². The van der Waals surface area contributed by atoms with Gasteiger partial charge in [0.15, 0.2) is 5.17 Å². The highest BCUT2D eigenvalue weighted by Crippen LogP contribution is 2.38. The number of carbonyl (C=O) groups excluding carboxylic acids is 1. The van der Waals surface area contributed by atoms with Crippen molar-refractivity contribution in [3.8, 4) is 0 Å². The fraction of sp³-hybridized carbons (Fsp3) is 0.111. The lowest BCUT2D eigenvalue weighted by Gasteiger charge is -2.17. The Bertz CT molecular complexity index is 1510. The predicted octanol–water partition coefficient (Wildman–Crippen LogP) is 7.67. The topological polar surface area (TPSA) is 49.1 Å². The molecule has 1 amide bonds. The first-order valence-corrected chi connectivity index (χ1v) is 12.3. The molecule has 7 heteroatoms. The van der Waals surface area contributed by atoms with Gasteiger partial charge in [-0.15, -0.1) is 0 Å². The molecule has 5 rings (SSSR count). The highest BCUT2D eigenvalue weighted by molar-refractivity contribution is 8.19. The molecule has 1 saturated heterocycles. The number of anilines is 1. The molecular weight excluding hydrogens is 485 g/mol. The Labute approximate surface area is 212 Å². The van der Waals surface area contributed by atoms with Crippen LogP contribution in [0.5, 0.6) is 0 Å². The van der Waals surface area contributed by atoms with Gasteiger partial charge in [-0.05, 0) is 72.6 Å². The van der Waals surface area contributed by atoms with Gasteiger partial charge in [-0.3, -0.25) is 15.1 Å². The van der Waals surface area contributed by atoms with Crippen molar-refractivity contribution in [3.63, 3.8) is 0 Å². The summed E-state index contributed by atoms with van der Waals surface area (Å²) in [6, 6.07) is 19.7. The van der Waals surface area contributed by atoms with Crippen LogP contribution in [0.4, 0.5) is 5.69 Å². The molecule has 2 heterocycles. The van der Waals surface area contributed by atoms with E-state index in [4.69, 9.17) is 28.6 Å². The second-order valence-electron chi connectivity index (χ2n) is 8.32. The van der Waals surface area contributed by atoms with Gasteiger partial charge in [0.05, 0.1) is 20.6 Å². The summed E-state index contributed by atoms with van der Waals surface area (Å²) < 4.78 is 2.14. The van der Waals surface area contributed by atoms with Crippen LogP contribution in [0.25, 0.3) is 17.0 Å². The van der Waals surface area contributed by atoms with E-state index in [-0.39, 0.29) is 11.1 Å². The van der Waals surface area contributed by atoms with Crippen LogP contribution < -0.4 is 4.90 Å². The second-order valence-corrected chi connectivity index (χ2v) is 10.2. The van der Waals surface area contributed by atoms with E-state index < -0.39 is 0 Å². The van der Waals surface area contributed by atoms with Crippen LogP contribution in [0.2, 0.25) is 10.0 Å². The van der Waals surface area contributed by atoms with E-state index in [9.17, 15) is 4.79 Å². The van der Waals surface area contributed by atoms with E-state index in [2.05, 4.69) is 10.6 Å². The SMILES string of the molecule is Cc1ccc(C)c(N2C(=N)S/C(=C/c3cn(Cc4ccc(Cl)c(Cl)c4)c4ccccc34)C2=O)c1. The summed E-state index contributed by atoms with van der Waals surface area (Å²) in [5.41, 5.74) is 5.79. The Morgan fingerprint density at radius 1 is 1.00 bits per heavy atom. The number of amidine groups is 1. The summed E-state index contributed by atoms with van der Waals surface area (Å²) in [6.07, 6.45) is 3.93. The Kier molecular flexibility index (Phi) is 6.02. The Morgan fingerprint density at radius 3 is 2.59 bits per heavy atom. The van der Waals surface area contributed by atoms with Crippen molar-refractivity contribution in [2.75, 3.05) is 4.90 Å². The van der Waals surface area contributed by atoms with Gasteiger partial charge in [-0.1, -0.05) is 59.6 Å². The third-order valence-corrected chi connectivity index (χ3v) is 7.50. The van der Waals surface area contributed by atoms with E-state index in [0.29, 0.717) is 21.5 Å². The highest BCUT2D eigenvalue weighted by atomic mass is 35.5. The number of nitrogens with one attached hydrogen (secondary N) is 1. The lowest BCUT2D eigenvalue weighted by molar-refractivity contribution is -0.113. The maximum atomic E-state index is 13.3. The minimum absolute atomic E-state index is 0.176. The van der Waals surface area contributed by atoms with Gasteiger partial charge in [0.1, 0.15) is 0 Å². The molecule has 0 bridgehead atoms. The number of hydrogen-bond acceptors (Lipinski definition) is 3. The average Bonchev–Trinajstić information content (AvgIpc) is 3.29. The van der Waals surface area contributed by atoms with Gasteiger partial charge in [0.25, 0.3) is 5.91 Å². The summed E-state index contributed by atoms with van der Waals surface area (Å²) in [4.78, 5) is 15.4. The van der Waals surface area contributed by atoms with E-state index in [1.165, 1.54) is 16.7 Å². The number of benzene rings is 3. The predicted molar refractivity (Wildman–Crippen MR) is 144 cm³/mol. The number of thioether (sulfide) groups is 1. The summed E-state index contributed by atoms with van der Waals surface area (Å²) in [5.74, 6) is -0.176. The third-order valence-electron chi connectivity index (χ3n) is 5.87. The molecule has 1 fully saturated rings. The minimum Gasteiger partial charge on any atom is -0.342 e. The average molecular weight is 506 g/mol. The van der Waals surface area contributed by atoms with Gasteiger partial charge in [0.2, 0.25) is 0 Å². The van der Waals surface area contributed by atoms with E-state index in [1.54, 1.807) is 6.07 Å². The molecule has 4 aromatic rings. The Hall–Kier alpha value is -2.99. The second kappa shape index (κ2) is 8.99. The normalized spacial score (nSPS) is 15.2. The zero-order valence-corrected chi connectivity index (χ0v) is 20.9. The maximum absolute atomic E-state index is 13.3. The first-order valence-electron chi connectivity index (χ1n) is 10.7. The number of aromatic nitrogens is 1. The summed E-state index contributed by atoms with van der Waals surface area (Å²) in [5, 5.41) is 10.8. The number of nitrogens with zero attached hydrogens (tertiary/aromatic N) is 2. The molecule has 34 heavy (non-hydrogen) atoms. The maximum Gasteiger partial charge on any atom is 0.271 e. The molecule has 3 aromatic carbocycles. The quantitative estimate of drug-likeness (QED) is 0.289. The van der Waals surface area contributed by atoms with Crippen molar-refractivity contribution < 1.29 is 4.79 Å². The van der Waals surface area contributed by atoms with Crippen molar-refractivity contribution in [2.45, 2.75) is 20.4 Å². The summed E-state index contributed by atoms with van der Waals surface area (Å²) in [6.45, 7) is 4.56. The fourth-order valence-electron chi connectivity index (χ4n) is 4.16. The van der Waals surface area contributed by atoms with E-state index in [0.717, 1.165) is 38.8 Å². The first kappa shape index (κ1) is 22.8. The lowest BCUT2D eigenvalue weighted by atomic mass is 10.1. The molecular formula is C27H21Cl2N3OS. The number of rotatable bonds is 4. The van der Waals surface area contributed by atoms with Crippen LogP contribution in [0.1, 0.15) is 22.3 Å². The van der Waals surface area contributed by atoms with E-state index in [1.807, 2.05) is 74.7 Å². The van der Waals surface area contributed by atoms with Crippen molar-refractivity contribution in [1.82, 2.24) is 4.57 Å². The first-order chi connectivity index (χ1) is 16.3. The van der Waals surface area contributed by atoms with Crippen molar-refractivity contribution in [3.05, 3.63) is 104 Å². The molecule has 1 aliphatic rings.